The van der Waals surface area contributed by atoms with E-state index in [1.165, 1.54) is 0 Å². The molecule has 1 aromatic rings. The van der Waals surface area contributed by atoms with Crippen LogP contribution in [-0.4, -0.2) is 20.3 Å². The summed E-state index contributed by atoms with van der Waals surface area (Å²) < 4.78 is 11.1. The SMILES string of the molecule is CCOc1cccc(CNCC(C(C)C)C(C)C)c1OC. The van der Waals surface area contributed by atoms with E-state index in [0.717, 1.165) is 30.2 Å². The first-order valence-corrected chi connectivity index (χ1v) is 8.00. The van der Waals surface area contributed by atoms with Gasteiger partial charge >= 0.3 is 0 Å². The third kappa shape index (κ3) is 5.24. The highest BCUT2D eigenvalue weighted by molar-refractivity contribution is 5.46. The van der Waals surface area contributed by atoms with Crippen LogP contribution in [0.2, 0.25) is 0 Å². The molecule has 0 unspecified atom stereocenters. The van der Waals surface area contributed by atoms with Crippen LogP contribution in [0.5, 0.6) is 11.5 Å². The Bertz CT molecular complexity index is 408. The summed E-state index contributed by atoms with van der Waals surface area (Å²) >= 11 is 0. The molecule has 1 aromatic carbocycles. The van der Waals surface area contributed by atoms with Crippen molar-refractivity contribution in [1.29, 1.82) is 0 Å². The van der Waals surface area contributed by atoms with Gasteiger partial charge in [0.1, 0.15) is 0 Å². The van der Waals surface area contributed by atoms with Crippen molar-refractivity contribution in [2.45, 2.75) is 41.2 Å². The van der Waals surface area contributed by atoms with Crippen LogP contribution in [-0.2, 0) is 6.54 Å². The molecule has 0 atom stereocenters. The molecule has 3 heteroatoms. The van der Waals surface area contributed by atoms with Crippen LogP contribution in [0.4, 0.5) is 0 Å². The average Bonchev–Trinajstić information content (AvgIpc) is 2.43. The summed E-state index contributed by atoms with van der Waals surface area (Å²) in [5.74, 6) is 3.73. The first-order chi connectivity index (χ1) is 10.0. The van der Waals surface area contributed by atoms with Gasteiger partial charge in [-0.2, -0.15) is 0 Å². The molecule has 3 nitrogen and oxygen atoms in total. The summed E-state index contributed by atoms with van der Waals surface area (Å²) in [7, 11) is 1.70. The number of ether oxygens (including phenoxy) is 2. The van der Waals surface area contributed by atoms with Crippen LogP contribution in [0, 0.1) is 17.8 Å². The number of benzene rings is 1. The standard InChI is InChI=1S/C18H31NO2/c1-7-21-17-10-8-9-15(18(17)20-6)11-19-12-16(13(2)3)14(4)5/h8-10,13-14,16,19H,7,11-12H2,1-6H3. The van der Waals surface area contributed by atoms with Crippen LogP contribution in [0.3, 0.4) is 0 Å². The monoisotopic (exact) mass is 293 g/mol. The maximum atomic E-state index is 5.62. The van der Waals surface area contributed by atoms with E-state index in [2.05, 4.69) is 39.1 Å². The Morgan fingerprint density at radius 1 is 1.10 bits per heavy atom. The minimum atomic E-state index is 0.649. The fraction of sp³-hybridized carbons (Fsp3) is 0.667. The Morgan fingerprint density at radius 3 is 2.29 bits per heavy atom. The molecule has 1 rings (SSSR count). The largest absolute Gasteiger partial charge is 0.493 e. The van der Waals surface area contributed by atoms with Gasteiger partial charge in [-0.1, -0.05) is 39.8 Å². The quantitative estimate of drug-likeness (QED) is 0.743. The number of para-hydroxylation sites is 1. The van der Waals surface area contributed by atoms with Gasteiger partial charge in [0.05, 0.1) is 13.7 Å². The van der Waals surface area contributed by atoms with Gasteiger partial charge in [-0.3, -0.25) is 0 Å². The zero-order valence-electron chi connectivity index (χ0n) is 14.4. The van der Waals surface area contributed by atoms with Crippen molar-refractivity contribution in [2.75, 3.05) is 20.3 Å². The fourth-order valence-electron chi connectivity index (χ4n) is 2.82. The van der Waals surface area contributed by atoms with Crippen molar-refractivity contribution < 1.29 is 9.47 Å². The molecule has 0 aliphatic heterocycles. The number of nitrogens with one attached hydrogen (secondary N) is 1. The smallest absolute Gasteiger partial charge is 0.165 e. The summed E-state index contributed by atoms with van der Waals surface area (Å²) in [5, 5.41) is 3.57. The first-order valence-electron chi connectivity index (χ1n) is 8.00. The molecule has 0 amide bonds. The summed E-state index contributed by atoms with van der Waals surface area (Å²) in [5.41, 5.74) is 1.15. The number of methoxy groups -OCH3 is 1. The molecule has 0 aliphatic carbocycles. The molecule has 0 spiro atoms. The lowest BCUT2D eigenvalue weighted by atomic mass is 9.85. The second-order valence-corrected chi connectivity index (χ2v) is 6.16. The fourth-order valence-corrected chi connectivity index (χ4v) is 2.82. The summed E-state index contributed by atoms with van der Waals surface area (Å²) in [6, 6.07) is 6.07. The van der Waals surface area contributed by atoms with Crippen LogP contribution in [0.1, 0.15) is 40.2 Å². The Balaban J connectivity index is 2.68. The summed E-state index contributed by atoms with van der Waals surface area (Å²) in [4.78, 5) is 0. The van der Waals surface area contributed by atoms with E-state index in [9.17, 15) is 0 Å². The third-order valence-electron chi connectivity index (χ3n) is 3.97. The molecule has 0 heterocycles. The zero-order valence-corrected chi connectivity index (χ0v) is 14.4. The minimum absolute atomic E-state index is 0.649. The highest BCUT2D eigenvalue weighted by atomic mass is 16.5. The Morgan fingerprint density at radius 2 is 1.76 bits per heavy atom. The van der Waals surface area contributed by atoms with E-state index in [4.69, 9.17) is 9.47 Å². The van der Waals surface area contributed by atoms with Crippen molar-refractivity contribution in [3.8, 4) is 11.5 Å². The van der Waals surface area contributed by atoms with Crippen molar-refractivity contribution in [2.24, 2.45) is 17.8 Å². The van der Waals surface area contributed by atoms with Gasteiger partial charge in [0.25, 0.3) is 0 Å². The van der Waals surface area contributed by atoms with E-state index in [0.29, 0.717) is 24.4 Å². The molecule has 0 saturated heterocycles. The van der Waals surface area contributed by atoms with Crippen molar-refractivity contribution >= 4 is 0 Å². The third-order valence-corrected chi connectivity index (χ3v) is 3.97. The maximum Gasteiger partial charge on any atom is 0.165 e. The van der Waals surface area contributed by atoms with Gasteiger partial charge in [0.15, 0.2) is 11.5 Å². The van der Waals surface area contributed by atoms with Crippen molar-refractivity contribution in [1.82, 2.24) is 5.32 Å². The number of rotatable bonds is 9. The molecule has 0 radical (unpaired) electrons. The van der Waals surface area contributed by atoms with E-state index in [1.54, 1.807) is 7.11 Å². The van der Waals surface area contributed by atoms with Gasteiger partial charge in [-0.15, -0.1) is 0 Å². The van der Waals surface area contributed by atoms with Crippen LogP contribution < -0.4 is 14.8 Å². The van der Waals surface area contributed by atoms with Gasteiger partial charge < -0.3 is 14.8 Å². The van der Waals surface area contributed by atoms with Gasteiger partial charge in [0, 0.05) is 12.1 Å². The molecule has 0 aromatic heterocycles. The normalized spacial score (nSPS) is 11.5. The van der Waals surface area contributed by atoms with Gasteiger partial charge in [-0.05, 0) is 37.3 Å². The lowest BCUT2D eigenvalue weighted by Crippen LogP contribution is -2.29. The molecule has 21 heavy (non-hydrogen) atoms. The van der Waals surface area contributed by atoms with Crippen LogP contribution >= 0.6 is 0 Å². The molecular formula is C18H31NO2. The average molecular weight is 293 g/mol. The summed E-state index contributed by atoms with van der Waals surface area (Å²) in [6.07, 6.45) is 0. The topological polar surface area (TPSA) is 30.5 Å². The Hall–Kier alpha value is -1.22. The lowest BCUT2D eigenvalue weighted by molar-refractivity contribution is 0.274. The Kier molecular flexibility index (Phi) is 7.58. The van der Waals surface area contributed by atoms with Crippen LogP contribution in [0.25, 0.3) is 0 Å². The van der Waals surface area contributed by atoms with E-state index >= 15 is 0 Å². The van der Waals surface area contributed by atoms with E-state index < -0.39 is 0 Å². The molecule has 120 valence electrons. The highest BCUT2D eigenvalue weighted by Gasteiger charge is 2.17. The predicted molar refractivity (Wildman–Crippen MR) is 89.0 cm³/mol. The lowest BCUT2D eigenvalue weighted by Gasteiger charge is -2.25. The molecule has 1 N–H and O–H groups in total. The highest BCUT2D eigenvalue weighted by Crippen LogP contribution is 2.31. The van der Waals surface area contributed by atoms with Gasteiger partial charge in [0.2, 0.25) is 0 Å². The zero-order chi connectivity index (χ0) is 15.8. The maximum absolute atomic E-state index is 5.62. The second-order valence-electron chi connectivity index (χ2n) is 6.16. The second kappa shape index (κ2) is 8.93. The molecule has 0 saturated carbocycles. The van der Waals surface area contributed by atoms with Gasteiger partial charge in [-0.25, -0.2) is 0 Å². The molecular weight excluding hydrogens is 262 g/mol. The number of hydrogen-bond donors (Lipinski definition) is 1. The van der Waals surface area contributed by atoms with Crippen molar-refractivity contribution in [3.05, 3.63) is 23.8 Å². The molecule has 0 bridgehead atoms. The minimum Gasteiger partial charge on any atom is -0.493 e. The van der Waals surface area contributed by atoms with Crippen LogP contribution in [0.15, 0.2) is 18.2 Å². The van der Waals surface area contributed by atoms with E-state index in [1.807, 2.05) is 19.1 Å². The number of hydrogen-bond acceptors (Lipinski definition) is 3. The first kappa shape index (κ1) is 17.8. The molecule has 0 aliphatic rings. The predicted octanol–water partition coefficient (Wildman–Crippen LogP) is 4.11. The van der Waals surface area contributed by atoms with E-state index in [-0.39, 0.29) is 0 Å². The molecule has 0 fully saturated rings. The Labute approximate surface area is 130 Å². The van der Waals surface area contributed by atoms with Crippen molar-refractivity contribution in [3.63, 3.8) is 0 Å². The summed E-state index contributed by atoms with van der Waals surface area (Å²) in [6.45, 7) is 13.6.